The maximum Gasteiger partial charge on any atom is 0.329 e. The molecule has 2 aromatic carbocycles. The van der Waals surface area contributed by atoms with Crippen LogP contribution in [0.3, 0.4) is 0 Å². The fourth-order valence-corrected chi connectivity index (χ4v) is 3.69. The molecule has 0 atom stereocenters. The van der Waals surface area contributed by atoms with Gasteiger partial charge in [-0.05, 0) is 55.1 Å². The van der Waals surface area contributed by atoms with Gasteiger partial charge in [0, 0.05) is 44.2 Å². The summed E-state index contributed by atoms with van der Waals surface area (Å²) in [7, 11) is 3.40. The van der Waals surface area contributed by atoms with E-state index in [-0.39, 0.29) is 23.3 Å². The Labute approximate surface area is 173 Å². The monoisotopic (exact) mass is 412 g/mol. The molecule has 0 spiro atoms. The third kappa shape index (κ3) is 4.71. The summed E-state index contributed by atoms with van der Waals surface area (Å²) in [6, 6.07) is 14.7. The summed E-state index contributed by atoms with van der Waals surface area (Å²) in [6.07, 6.45) is 0.188. The van der Waals surface area contributed by atoms with Gasteiger partial charge in [0.25, 0.3) is 5.24 Å². The van der Waals surface area contributed by atoms with Crippen molar-refractivity contribution in [1.29, 1.82) is 0 Å². The van der Waals surface area contributed by atoms with Crippen molar-refractivity contribution in [3.8, 4) is 0 Å². The SMILES string of the molecule is CCn1c(=O)n(CCC(=O)Nc2ccc(SC(=O)N(C)C)cc2)c2ccccc21. The lowest BCUT2D eigenvalue weighted by molar-refractivity contribution is -0.116. The second-order valence-electron chi connectivity index (χ2n) is 6.75. The molecule has 7 nitrogen and oxygen atoms in total. The molecular weight excluding hydrogens is 388 g/mol. The Kier molecular flexibility index (Phi) is 6.43. The molecular formula is C21H24N4O3S. The molecule has 0 bridgehead atoms. The zero-order valence-electron chi connectivity index (χ0n) is 16.7. The predicted octanol–water partition coefficient (Wildman–Crippen LogP) is 3.63. The Morgan fingerprint density at radius 3 is 2.21 bits per heavy atom. The molecule has 152 valence electrons. The largest absolute Gasteiger partial charge is 0.339 e. The van der Waals surface area contributed by atoms with Crippen LogP contribution in [0.5, 0.6) is 0 Å². The first-order chi connectivity index (χ1) is 13.9. The van der Waals surface area contributed by atoms with Crippen LogP contribution in [0.25, 0.3) is 11.0 Å². The Hall–Kier alpha value is -3.00. The zero-order valence-corrected chi connectivity index (χ0v) is 17.5. The molecule has 0 aliphatic rings. The molecule has 0 saturated carbocycles. The number of hydrogen-bond acceptors (Lipinski definition) is 4. The summed E-state index contributed by atoms with van der Waals surface area (Å²) in [5.74, 6) is -0.171. The second kappa shape index (κ2) is 9.00. The maximum atomic E-state index is 12.6. The van der Waals surface area contributed by atoms with Crippen LogP contribution in [-0.2, 0) is 17.9 Å². The van der Waals surface area contributed by atoms with Crippen LogP contribution in [0.15, 0.2) is 58.2 Å². The third-order valence-corrected chi connectivity index (χ3v) is 5.56. The molecule has 8 heteroatoms. The van der Waals surface area contributed by atoms with E-state index in [1.807, 2.05) is 31.2 Å². The van der Waals surface area contributed by atoms with Gasteiger partial charge < -0.3 is 10.2 Å². The van der Waals surface area contributed by atoms with Gasteiger partial charge in [-0.2, -0.15) is 0 Å². The predicted molar refractivity (Wildman–Crippen MR) is 117 cm³/mol. The summed E-state index contributed by atoms with van der Waals surface area (Å²) >= 11 is 1.13. The zero-order chi connectivity index (χ0) is 21.0. The van der Waals surface area contributed by atoms with Crippen LogP contribution in [0, 0.1) is 0 Å². The molecule has 1 heterocycles. The Morgan fingerprint density at radius 1 is 1.00 bits per heavy atom. The third-order valence-electron chi connectivity index (χ3n) is 4.51. The minimum Gasteiger partial charge on any atom is -0.339 e. The average Bonchev–Trinajstić information content (AvgIpc) is 2.98. The van der Waals surface area contributed by atoms with E-state index in [4.69, 9.17) is 0 Å². The van der Waals surface area contributed by atoms with E-state index in [1.54, 1.807) is 47.5 Å². The number of anilines is 1. The molecule has 1 aromatic heterocycles. The van der Waals surface area contributed by atoms with Crippen molar-refractivity contribution in [3.63, 3.8) is 0 Å². The van der Waals surface area contributed by atoms with E-state index in [1.165, 1.54) is 4.90 Å². The summed E-state index contributed by atoms with van der Waals surface area (Å²) in [6.45, 7) is 2.82. The molecule has 3 aromatic rings. The normalized spacial score (nSPS) is 10.9. The molecule has 0 aliphatic carbocycles. The highest BCUT2D eigenvalue weighted by atomic mass is 32.2. The van der Waals surface area contributed by atoms with Gasteiger partial charge in [-0.3, -0.25) is 18.7 Å². The van der Waals surface area contributed by atoms with Crippen molar-refractivity contribution in [3.05, 3.63) is 59.0 Å². The van der Waals surface area contributed by atoms with Gasteiger partial charge in [-0.25, -0.2) is 4.79 Å². The number of carbonyl (C=O) groups excluding carboxylic acids is 2. The van der Waals surface area contributed by atoms with Crippen molar-refractivity contribution in [1.82, 2.24) is 14.0 Å². The van der Waals surface area contributed by atoms with Crippen molar-refractivity contribution in [2.45, 2.75) is 31.3 Å². The maximum absolute atomic E-state index is 12.6. The number of nitrogens with zero attached hydrogens (tertiary/aromatic N) is 3. The Morgan fingerprint density at radius 2 is 1.62 bits per heavy atom. The van der Waals surface area contributed by atoms with Gasteiger partial charge in [0.05, 0.1) is 11.0 Å². The Balaban J connectivity index is 1.64. The minimum atomic E-state index is -0.171. The van der Waals surface area contributed by atoms with Crippen LogP contribution in [-0.4, -0.2) is 39.3 Å². The van der Waals surface area contributed by atoms with Crippen LogP contribution >= 0.6 is 11.8 Å². The van der Waals surface area contributed by atoms with E-state index in [9.17, 15) is 14.4 Å². The average molecular weight is 413 g/mol. The van der Waals surface area contributed by atoms with Gasteiger partial charge >= 0.3 is 5.69 Å². The lowest BCUT2D eigenvalue weighted by atomic mass is 10.3. The van der Waals surface area contributed by atoms with Crippen LogP contribution < -0.4 is 11.0 Å². The highest BCUT2D eigenvalue weighted by molar-refractivity contribution is 8.13. The number of benzene rings is 2. The number of rotatable bonds is 6. The fraction of sp³-hybridized carbons (Fsp3) is 0.286. The molecule has 0 fully saturated rings. The number of imidazole rings is 1. The van der Waals surface area contributed by atoms with Gasteiger partial charge in [0.15, 0.2) is 0 Å². The highest BCUT2D eigenvalue weighted by Crippen LogP contribution is 2.22. The quantitative estimate of drug-likeness (QED) is 0.628. The summed E-state index contributed by atoms with van der Waals surface area (Å²) in [5, 5.41) is 2.78. The van der Waals surface area contributed by atoms with Crippen LogP contribution in [0.2, 0.25) is 0 Å². The number of amides is 2. The molecule has 0 saturated heterocycles. The minimum absolute atomic E-state index is 0.0570. The standard InChI is InChI=1S/C21H24N4O3S/c1-4-24-17-7-5-6-8-18(17)25(20(24)27)14-13-19(26)22-15-9-11-16(12-10-15)29-21(28)23(2)3/h5-12H,4,13-14H2,1-3H3,(H,22,26). The van der Waals surface area contributed by atoms with E-state index in [2.05, 4.69) is 5.32 Å². The molecule has 0 radical (unpaired) electrons. The number of aryl methyl sites for hydroxylation is 2. The lowest BCUT2D eigenvalue weighted by Gasteiger charge is -2.10. The van der Waals surface area contributed by atoms with Crippen LogP contribution in [0.4, 0.5) is 10.5 Å². The van der Waals surface area contributed by atoms with Gasteiger partial charge in [-0.1, -0.05) is 12.1 Å². The first-order valence-electron chi connectivity index (χ1n) is 9.37. The van der Waals surface area contributed by atoms with Gasteiger partial charge in [0.2, 0.25) is 5.91 Å². The molecule has 0 unspecified atom stereocenters. The smallest absolute Gasteiger partial charge is 0.329 e. The van der Waals surface area contributed by atoms with Crippen molar-refractivity contribution in [2.24, 2.45) is 0 Å². The number of para-hydroxylation sites is 2. The van der Waals surface area contributed by atoms with Crippen molar-refractivity contribution in [2.75, 3.05) is 19.4 Å². The number of aromatic nitrogens is 2. The van der Waals surface area contributed by atoms with Crippen LogP contribution in [0.1, 0.15) is 13.3 Å². The van der Waals surface area contributed by atoms with Gasteiger partial charge in [0.1, 0.15) is 0 Å². The van der Waals surface area contributed by atoms with E-state index in [0.717, 1.165) is 27.7 Å². The first-order valence-corrected chi connectivity index (χ1v) is 10.2. The molecule has 29 heavy (non-hydrogen) atoms. The van der Waals surface area contributed by atoms with Crippen molar-refractivity contribution >= 4 is 39.6 Å². The number of nitrogens with one attached hydrogen (secondary N) is 1. The molecule has 3 rings (SSSR count). The summed E-state index contributed by atoms with van der Waals surface area (Å²) < 4.78 is 3.35. The van der Waals surface area contributed by atoms with E-state index in [0.29, 0.717) is 18.8 Å². The van der Waals surface area contributed by atoms with E-state index >= 15 is 0 Å². The number of fused-ring (bicyclic) bond motifs is 1. The summed E-state index contributed by atoms with van der Waals surface area (Å²) in [5.41, 5.74) is 2.26. The topological polar surface area (TPSA) is 76.3 Å². The molecule has 2 amide bonds. The second-order valence-corrected chi connectivity index (χ2v) is 7.78. The number of thioether (sulfide) groups is 1. The number of carbonyl (C=O) groups is 2. The van der Waals surface area contributed by atoms with Crippen molar-refractivity contribution < 1.29 is 9.59 Å². The van der Waals surface area contributed by atoms with Gasteiger partial charge in [-0.15, -0.1) is 0 Å². The first kappa shape index (κ1) is 20.7. The number of hydrogen-bond donors (Lipinski definition) is 1. The lowest BCUT2D eigenvalue weighted by Crippen LogP contribution is -2.25. The fourth-order valence-electron chi connectivity index (χ4n) is 3.03. The molecule has 1 N–H and O–H groups in total. The summed E-state index contributed by atoms with van der Waals surface area (Å²) in [4.78, 5) is 39.0. The molecule has 0 aliphatic heterocycles. The highest BCUT2D eigenvalue weighted by Gasteiger charge is 2.13. The Bertz CT molecular complexity index is 1080. The van der Waals surface area contributed by atoms with E-state index < -0.39 is 0 Å².